The third-order valence-electron chi connectivity index (χ3n) is 8.86. The van der Waals surface area contributed by atoms with E-state index in [9.17, 15) is 26.3 Å². The second-order valence-corrected chi connectivity index (χ2v) is 13.2. The van der Waals surface area contributed by atoms with Crippen LogP contribution in [0.1, 0.15) is 67.6 Å². The maximum atomic E-state index is 14.4. The molecule has 0 aliphatic heterocycles. The third kappa shape index (κ3) is 6.99. The van der Waals surface area contributed by atoms with Gasteiger partial charge in [0.2, 0.25) is 0 Å². The van der Waals surface area contributed by atoms with Crippen molar-refractivity contribution in [3.05, 3.63) is 131 Å². The van der Waals surface area contributed by atoms with Gasteiger partial charge in [-0.1, -0.05) is 57.5 Å². The van der Waals surface area contributed by atoms with Gasteiger partial charge in [0, 0.05) is 34.3 Å². The van der Waals surface area contributed by atoms with Gasteiger partial charge in [0.25, 0.3) is 0 Å². The molecule has 0 saturated heterocycles. The van der Waals surface area contributed by atoms with Crippen molar-refractivity contribution in [3.63, 3.8) is 0 Å². The minimum absolute atomic E-state index is 0. The monoisotopic (exact) mass is 905 g/mol. The first-order valence-corrected chi connectivity index (χ1v) is 16.6. The molecule has 7 rings (SSSR count). The van der Waals surface area contributed by atoms with Gasteiger partial charge in [0.15, 0.2) is 0 Å². The fourth-order valence-electron chi connectivity index (χ4n) is 6.67. The van der Waals surface area contributed by atoms with Crippen LogP contribution in [0.5, 0.6) is 11.5 Å². The van der Waals surface area contributed by atoms with Gasteiger partial charge >= 0.3 is 33.4 Å². The van der Waals surface area contributed by atoms with Gasteiger partial charge in [-0.05, 0) is 65.7 Å². The Hall–Kier alpha value is -4.89. The minimum atomic E-state index is -5.06. The quantitative estimate of drug-likeness (QED) is 0.118. The Labute approximate surface area is 316 Å². The van der Waals surface area contributed by atoms with Crippen LogP contribution in [-0.2, 0) is 33.4 Å². The summed E-state index contributed by atoms with van der Waals surface area (Å²) in [5, 5.41) is 6.61. The van der Waals surface area contributed by atoms with Crippen molar-refractivity contribution in [3.8, 4) is 34.1 Å². The van der Waals surface area contributed by atoms with E-state index >= 15 is 0 Å². The second kappa shape index (κ2) is 14.2. The van der Waals surface area contributed by atoms with Crippen LogP contribution in [0.4, 0.5) is 26.3 Å². The van der Waals surface area contributed by atoms with Crippen LogP contribution in [0, 0.1) is 19.1 Å². The molecule has 53 heavy (non-hydrogen) atoms. The van der Waals surface area contributed by atoms with Gasteiger partial charge < -0.3 is 9.30 Å². The largest absolute Gasteiger partial charge is 2.00 e. The van der Waals surface area contributed by atoms with E-state index < -0.39 is 40.9 Å². The molecule has 0 aliphatic carbocycles. The third-order valence-corrected chi connectivity index (χ3v) is 8.86. The van der Waals surface area contributed by atoms with E-state index in [0.29, 0.717) is 23.7 Å². The Morgan fingerprint density at radius 1 is 0.698 bits per heavy atom. The molecule has 0 aliphatic rings. The zero-order chi connectivity index (χ0) is 37.1. The second-order valence-electron chi connectivity index (χ2n) is 13.2. The van der Waals surface area contributed by atoms with Gasteiger partial charge in [-0.2, -0.15) is 43.6 Å². The van der Waals surface area contributed by atoms with Crippen LogP contribution >= 0.6 is 0 Å². The zero-order valence-corrected chi connectivity index (χ0v) is 31.4. The molecule has 0 fully saturated rings. The molecule has 0 saturated carbocycles. The number of pyridine rings is 1. The normalized spacial score (nSPS) is 12.2. The van der Waals surface area contributed by atoms with Crippen LogP contribution in [0.2, 0.25) is 0 Å². The molecule has 5 nitrogen and oxygen atoms in total. The Kier molecular flexibility index (Phi) is 10.1. The predicted molar refractivity (Wildman–Crippen MR) is 188 cm³/mol. The smallest absolute Gasteiger partial charge is 0.509 e. The SMILES string of the molecule is Cc1ccnc(-n2c3[c-]c(Oc4[c-]c(-n5nc(C(C)C)c(-c6c(C(F)(F)F)cccc6C(F)(F)F)c5C(C)C)ccc4)ccc3c3ccccc32)c1.[Pt+2]. The standard InChI is InChI=1S/C41H32F6N4O.Pt/c1-23(2)38-37(36-31(40(42,43)44)13-9-14-32(36)41(45,46)47)39(24(3)4)51(49-38)26-10-8-11-27(21-26)52-28-16-17-30-29-12-6-7-15-33(29)50(34(30)22-28)35-20-25(5)18-19-48-35;/h6-20,23-24H,1-5H3;/q-2;+2. The minimum Gasteiger partial charge on any atom is -0.509 e. The number of alkyl halides is 6. The molecule has 0 atom stereocenters. The first kappa shape index (κ1) is 37.9. The van der Waals surface area contributed by atoms with Crippen LogP contribution < -0.4 is 4.74 Å². The van der Waals surface area contributed by atoms with Crippen molar-refractivity contribution >= 4 is 21.8 Å². The van der Waals surface area contributed by atoms with Gasteiger partial charge in [0.05, 0.1) is 22.5 Å². The maximum Gasteiger partial charge on any atom is 2.00 e. The summed E-state index contributed by atoms with van der Waals surface area (Å²) in [5.41, 5.74) is -0.610. The number of rotatable bonds is 7. The van der Waals surface area contributed by atoms with Crippen molar-refractivity contribution in [1.82, 2.24) is 19.3 Å². The number of halogens is 6. The zero-order valence-electron chi connectivity index (χ0n) is 29.1. The van der Waals surface area contributed by atoms with E-state index in [-0.39, 0.29) is 49.5 Å². The Morgan fingerprint density at radius 2 is 1.36 bits per heavy atom. The molecule has 3 aromatic heterocycles. The molecule has 0 amide bonds. The predicted octanol–water partition coefficient (Wildman–Crippen LogP) is 12.0. The maximum absolute atomic E-state index is 14.4. The van der Waals surface area contributed by atoms with Gasteiger partial charge in [0.1, 0.15) is 5.82 Å². The molecule has 0 unspecified atom stereocenters. The molecule has 7 aromatic rings. The molecule has 3 heterocycles. The average molecular weight is 906 g/mol. The number of para-hydroxylation sites is 1. The molecular formula is C41H32F6N4OPt. The van der Waals surface area contributed by atoms with Crippen molar-refractivity contribution in [2.24, 2.45) is 0 Å². The first-order valence-electron chi connectivity index (χ1n) is 16.6. The summed E-state index contributed by atoms with van der Waals surface area (Å²) in [6.45, 7) is 8.77. The average Bonchev–Trinajstić information content (AvgIpc) is 3.64. The van der Waals surface area contributed by atoms with Crippen LogP contribution in [0.3, 0.4) is 0 Å². The van der Waals surface area contributed by atoms with Gasteiger partial charge in [-0.3, -0.25) is 4.68 Å². The van der Waals surface area contributed by atoms with E-state index in [2.05, 4.69) is 22.2 Å². The number of hydrogen-bond donors (Lipinski definition) is 0. The molecular weight excluding hydrogens is 874 g/mol. The summed E-state index contributed by atoms with van der Waals surface area (Å²) >= 11 is 0. The van der Waals surface area contributed by atoms with Crippen molar-refractivity contribution in [1.29, 1.82) is 0 Å². The van der Waals surface area contributed by atoms with E-state index in [0.717, 1.165) is 33.4 Å². The van der Waals surface area contributed by atoms with Crippen LogP contribution in [-0.4, -0.2) is 19.3 Å². The van der Waals surface area contributed by atoms with Crippen LogP contribution in [0.25, 0.3) is 44.4 Å². The van der Waals surface area contributed by atoms with Gasteiger partial charge in [-0.15, -0.1) is 35.7 Å². The van der Waals surface area contributed by atoms with E-state index in [1.165, 1.54) is 4.68 Å². The Morgan fingerprint density at radius 3 is 2.00 bits per heavy atom. The number of nitrogens with zero attached hydrogens (tertiary/aromatic N) is 4. The van der Waals surface area contributed by atoms with E-state index in [4.69, 9.17) is 4.74 Å². The number of aryl methyl sites for hydroxylation is 1. The number of benzene rings is 4. The first-order chi connectivity index (χ1) is 24.6. The van der Waals surface area contributed by atoms with Crippen LogP contribution in [0.15, 0.2) is 91.1 Å². The fourth-order valence-corrected chi connectivity index (χ4v) is 6.67. The molecule has 0 N–H and O–H groups in total. The number of fused-ring (bicyclic) bond motifs is 3. The molecule has 274 valence electrons. The molecule has 0 bridgehead atoms. The molecule has 12 heteroatoms. The number of hydrogen-bond acceptors (Lipinski definition) is 3. The summed E-state index contributed by atoms with van der Waals surface area (Å²) in [6.07, 6.45) is -8.37. The topological polar surface area (TPSA) is 44.9 Å². The fraction of sp³-hybridized carbons (Fsp3) is 0.220. The summed E-state index contributed by atoms with van der Waals surface area (Å²) in [6, 6.07) is 29.2. The molecule has 0 radical (unpaired) electrons. The Balaban J connectivity index is 0.00000481. The van der Waals surface area contributed by atoms with E-state index in [1.807, 2.05) is 54.0 Å². The Bertz CT molecular complexity index is 2430. The van der Waals surface area contributed by atoms with E-state index in [1.54, 1.807) is 58.2 Å². The van der Waals surface area contributed by atoms with Gasteiger partial charge in [-0.25, -0.2) is 4.98 Å². The summed E-state index contributed by atoms with van der Waals surface area (Å²) < 4.78 is 96.2. The summed E-state index contributed by atoms with van der Waals surface area (Å²) in [5.74, 6) is 0.258. The number of ether oxygens (including phenoxy) is 1. The summed E-state index contributed by atoms with van der Waals surface area (Å²) in [4.78, 5) is 4.61. The van der Waals surface area contributed by atoms with Crippen molar-refractivity contribution < 1.29 is 52.1 Å². The summed E-state index contributed by atoms with van der Waals surface area (Å²) in [7, 11) is 0. The number of aromatic nitrogens is 4. The molecule has 0 spiro atoms. The van der Waals surface area contributed by atoms with Crippen molar-refractivity contribution in [2.75, 3.05) is 0 Å². The van der Waals surface area contributed by atoms with Crippen molar-refractivity contribution in [2.45, 2.75) is 58.8 Å². The molecule has 4 aromatic carbocycles.